The first-order chi connectivity index (χ1) is 8.26. The van der Waals surface area contributed by atoms with E-state index in [2.05, 4.69) is 11.8 Å². The van der Waals surface area contributed by atoms with Gasteiger partial charge >= 0.3 is 0 Å². The summed E-state index contributed by atoms with van der Waals surface area (Å²) in [5.74, 6) is 0.514. The van der Waals surface area contributed by atoms with Crippen LogP contribution in [0.25, 0.3) is 0 Å². The maximum Gasteiger partial charge on any atom is 0.0670 e. The average Bonchev–Trinajstić information content (AvgIpc) is 2.38. The number of hydrogen-bond donors (Lipinski definition) is 0. The van der Waals surface area contributed by atoms with Crippen molar-refractivity contribution >= 4 is 28.9 Å². The van der Waals surface area contributed by atoms with Crippen LogP contribution in [0.2, 0.25) is 5.02 Å². The van der Waals surface area contributed by atoms with Gasteiger partial charge in [-0.2, -0.15) is 0 Å². The normalized spacial score (nSPS) is 20.6. The van der Waals surface area contributed by atoms with Crippen LogP contribution in [-0.2, 0) is 10.6 Å². The monoisotopic (exact) mass is 273 g/mol. The van der Waals surface area contributed by atoms with Gasteiger partial charge in [0.1, 0.15) is 0 Å². The zero-order valence-electron chi connectivity index (χ0n) is 9.96. The van der Waals surface area contributed by atoms with Gasteiger partial charge in [-0.25, -0.2) is 0 Å². The van der Waals surface area contributed by atoms with Crippen molar-refractivity contribution in [2.75, 3.05) is 24.7 Å². The minimum atomic E-state index is 0.421. The van der Waals surface area contributed by atoms with E-state index in [1.54, 1.807) is 0 Å². The van der Waals surface area contributed by atoms with Gasteiger partial charge in [0.15, 0.2) is 0 Å². The van der Waals surface area contributed by atoms with Gasteiger partial charge in [-0.05, 0) is 24.1 Å². The Morgan fingerprint density at radius 2 is 2.29 bits per heavy atom. The van der Waals surface area contributed by atoms with E-state index in [0.29, 0.717) is 11.9 Å². The number of rotatable bonds is 3. The fraction of sp³-hybridized carbons (Fsp3) is 0.538. The van der Waals surface area contributed by atoms with Crippen LogP contribution in [0.3, 0.4) is 0 Å². The quantitative estimate of drug-likeness (QED) is 0.779. The number of halogens is 2. The Labute approximate surface area is 112 Å². The van der Waals surface area contributed by atoms with Gasteiger partial charge in [-0.3, -0.25) is 0 Å². The van der Waals surface area contributed by atoms with Gasteiger partial charge in [0.05, 0.1) is 19.3 Å². The highest BCUT2D eigenvalue weighted by atomic mass is 35.5. The Kier molecular flexibility index (Phi) is 4.55. The molecule has 2 rings (SSSR count). The summed E-state index contributed by atoms with van der Waals surface area (Å²) in [6.45, 7) is 4.63. The van der Waals surface area contributed by atoms with Gasteiger partial charge in [-0.15, -0.1) is 11.6 Å². The van der Waals surface area contributed by atoms with Gasteiger partial charge < -0.3 is 9.64 Å². The Balaban J connectivity index is 2.33. The number of nitrogens with zero attached hydrogens (tertiary/aromatic N) is 1. The first kappa shape index (κ1) is 13.0. The molecule has 17 heavy (non-hydrogen) atoms. The molecule has 1 saturated heterocycles. The highest BCUT2D eigenvalue weighted by Crippen LogP contribution is 2.29. The first-order valence-corrected chi connectivity index (χ1v) is 6.86. The van der Waals surface area contributed by atoms with E-state index in [1.807, 2.05) is 18.2 Å². The van der Waals surface area contributed by atoms with E-state index in [9.17, 15) is 0 Å². The highest BCUT2D eigenvalue weighted by Gasteiger charge is 2.23. The third-order valence-corrected chi connectivity index (χ3v) is 3.72. The Morgan fingerprint density at radius 3 is 3.00 bits per heavy atom. The number of morpholine rings is 1. The molecular weight excluding hydrogens is 257 g/mol. The Hall–Kier alpha value is -0.440. The topological polar surface area (TPSA) is 12.5 Å². The predicted octanol–water partition coefficient (Wildman–Crippen LogP) is 3.69. The summed E-state index contributed by atoms with van der Waals surface area (Å²) in [7, 11) is 0. The third-order valence-electron chi connectivity index (χ3n) is 3.20. The van der Waals surface area contributed by atoms with Crippen LogP contribution in [-0.4, -0.2) is 25.8 Å². The molecule has 94 valence electrons. The van der Waals surface area contributed by atoms with Crippen molar-refractivity contribution in [1.82, 2.24) is 0 Å². The molecule has 2 nitrogen and oxygen atoms in total. The molecule has 0 bridgehead atoms. The molecule has 0 radical (unpaired) electrons. The van der Waals surface area contributed by atoms with Crippen LogP contribution >= 0.6 is 23.2 Å². The van der Waals surface area contributed by atoms with Crippen LogP contribution in [0, 0.1) is 0 Å². The van der Waals surface area contributed by atoms with Crippen LogP contribution in [0.15, 0.2) is 18.2 Å². The average molecular weight is 274 g/mol. The van der Waals surface area contributed by atoms with Crippen molar-refractivity contribution in [3.8, 4) is 0 Å². The van der Waals surface area contributed by atoms with E-state index in [0.717, 1.165) is 42.5 Å². The molecule has 1 heterocycles. The van der Waals surface area contributed by atoms with Gasteiger partial charge in [0.25, 0.3) is 0 Å². The van der Waals surface area contributed by atoms with Crippen LogP contribution in [0.5, 0.6) is 0 Å². The molecule has 0 spiro atoms. The van der Waals surface area contributed by atoms with E-state index in [1.165, 1.54) is 0 Å². The molecule has 0 N–H and O–H groups in total. The standard InChI is InChI=1S/C13H17Cl2NO/c1-2-12-9-17-6-5-16(12)13-7-11(15)4-3-10(13)8-14/h3-4,7,12H,2,5-6,8-9H2,1H3. The molecule has 4 heteroatoms. The largest absolute Gasteiger partial charge is 0.377 e. The second-order valence-corrected chi connectivity index (χ2v) is 4.94. The molecular formula is C13H17Cl2NO. The van der Waals surface area contributed by atoms with Crippen LogP contribution in [0.1, 0.15) is 18.9 Å². The minimum Gasteiger partial charge on any atom is -0.377 e. The fourth-order valence-corrected chi connectivity index (χ4v) is 2.62. The SMILES string of the molecule is CCC1COCCN1c1cc(Cl)ccc1CCl. The first-order valence-electron chi connectivity index (χ1n) is 5.95. The third kappa shape index (κ3) is 2.87. The Bertz CT molecular complexity index is 384. The van der Waals surface area contributed by atoms with Crippen molar-refractivity contribution < 1.29 is 4.74 Å². The molecule has 0 aromatic heterocycles. The lowest BCUT2D eigenvalue weighted by atomic mass is 10.1. The van der Waals surface area contributed by atoms with E-state index in [4.69, 9.17) is 27.9 Å². The van der Waals surface area contributed by atoms with Gasteiger partial charge in [-0.1, -0.05) is 24.6 Å². The van der Waals surface area contributed by atoms with Crippen LogP contribution in [0.4, 0.5) is 5.69 Å². The van der Waals surface area contributed by atoms with Gasteiger partial charge in [0, 0.05) is 23.1 Å². The zero-order chi connectivity index (χ0) is 12.3. The minimum absolute atomic E-state index is 0.421. The maximum atomic E-state index is 6.08. The van der Waals surface area contributed by atoms with Crippen molar-refractivity contribution in [3.05, 3.63) is 28.8 Å². The molecule has 1 unspecified atom stereocenters. The molecule has 1 aliphatic rings. The maximum absolute atomic E-state index is 6.08. The van der Waals surface area contributed by atoms with E-state index >= 15 is 0 Å². The van der Waals surface area contributed by atoms with Crippen molar-refractivity contribution in [1.29, 1.82) is 0 Å². The van der Waals surface area contributed by atoms with E-state index in [-0.39, 0.29) is 0 Å². The lowest BCUT2D eigenvalue weighted by Crippen LogP contribution is -2.45. The zero-order valence-corrected chi connectivity index (χ0v) is 11.5. The summed E-state index contributed by atoms with van der Waals surface area (Å²) in [6.07, 6.45) is 1.06. The predicted molar refractivity (Wildman–Crippen MR) is 73.3 cm³/mol. The van der Waals surface area contributed by atoms with Crippen molar-refractivity contribution in [2.24, 2.45) is 0 Å². The Morgan fingerprint density at radius 1 is 1.47 bits per heavy atom. The smallest absolute Gasteiger partial charge is 0.0670 e. The molecule has 1 fully saturated rings. The molecule has 0 amide bonds. The summed E-state index contributed by atoms with van der Waals surface area (Å²) in [6, 6.07) is 6.33. The number of anilines is 1. The number of hydrogen-bond acceptors (Lipinski definition) is 2. The summed E-state index contributed by atoms with van der Waals surface area (Å²) < 4.78 is 5.52. The second kappa shape index (κ2) is 5.94. The summed E-state index contributed by atoms with van der Waals surface area (Å²) in [4.78, 5) is 2.37. The van der Waals surface area contributed by atoms with Crippen molar-refractivity contribution in [2.45, 2.75) is 25.3 Å². The molecule has 1 atom stereocenters. The molecule has 1 aromatic carbocycles. The van der Waals surface area contributed by atoms with Crippen molar-refractivity contribution in [3.63, 3.8) is 0 Å². The number of ether oxygens (including phenoxy) is 1. The highest BCUT2D eigenvalue weighted by molar-refractivity contribution is 6.31. The number of benzene rings is 1. The van der Waals surface area contributed by atoms with E-state index < -0.39 is 0 Å². The summed E-state index contributed by atoms with van der Waals surface area (Å²) in [5, 5.41) is 0.759. The molecule has 0 aliphatic carbocycles. The molecule has 1 aliphatic heterocycles. The number of alkyl halides is 1. The lowest BCUT2D eigenvalue weighted by Gasteiger charge is -2.38. The van der Waals surface area contributed by atoms with Crippen LogP contribution < -0.4 is 4.90 Å². The fourth-order valence-electron chi connectivity index (χ4n) is 2.23. The summed E-state index contributed by atoms with van der Waals surface area (Å²) >= 11 is 12.1. The second-order valence-electron chi connectivity index (χ2n) is 4.24. The lowest BCUT2D eigenvalue weighted by molar-refractivity contribution is 0.0929. The summed E-state index contributed by atoms with van der Waals surface area (Å²) in [5.41, 5.74) is 2.29. The van der Waals surface area contributed by atoms with Gasteiger partial charge in [0.2, 0.25) is 0 Å². The molecule has 1 aromatic rings. The molecule has 0 saturated carbocycles.